The summed E-state index contributed by atoms with van der Waals surface area (Å²) >= 11 is 0. The van der Waals surface area contributed by atoms with Gasteiger partial charge in [-0.25, -0.2) is 4.79 Å². The molecule has 3 aromatic rings. The highest BCUT2D eigenvalue weighted by Gasteiger charge is 2.60. The Bertz CT molecular complexity index is 1400. The molecule has 2 heterocycles. The SMILES string of the molecule is Cc1ccc(Oc2ccccc2NC(=O)COC(=O)C23CCC(=O)N2c2ccccc2C(=O)N3C)cc1. The van der Waals surface area contributed by atoms with E-state index in [-0.39, 0.29) is 18.7 Å². The van der Waals surface area contributed by atoms with Crippen LogP contribution < -0.4 is 15.0 Å². The first-order valence-electron chi connectivity index (χ1n) is 11.8. The van der Waals surface area contributed by atoms with E-state index in [1.807, 2.05) is 31.2 Å². The number of ether oxygens (including phenoxy) is 2. The molecular weight excluding hydrogens is 474 g/mol. The van der Waals surface area contributed by atoms with Crippen LogP contribution >= 0.6 is 0 Å². The average Bonchev–Trinajstić information content (AvgIpc) is 3.26. The fourth-order valence-corrected chi connectivity index (χ4v) is 4.72. The van der Waals surface area contributed by atoms with E-state index in [0.717, 1.165) is 5.56 Å². The van der Waals surface area contributed by atoms with Crippen LogP contribution in [0.2, 0.25) is 0 Å². The molecule has 37 heavy (non-hydrogen) atoms. The quantitative estimate of drug-likeness (QED) is 0.516. The topological polar surface area (TPSA) is 105 Å². The Kier molecular flexibility index (Phi) is 6.12. The number of anilines is 2. The number of esters is 1. The number of para-hydroxylation sites is 3. The maximum absolute atomic E-state index is 13.4. The van der Waals surface area contributed by atoms with Crippen molar-refractivity contribution in [3.05, 3.63) is 83.9 Å². The molecule has 1 atom stereocenters. The van der Waals surface area contributed by atoms with Gasteiger partial charge in [-0.15, -0.1) is 0 Å². The number of rotatable bonds is 6. The van der Waals surface area contributed by atoms with Crippen molar-refractivity contribution in [2.24, 2.45) is 0 Å². The summed E-state index contributed by atoms with van der Waals surface area (Å²) in [6, 6.07) is 21.0. The molecular formula is C28H25N3O6. The zero-order valence-electron chi connectivity index (χ0n) is 20.4. The van der Waals surface area contributed by atoms with E-state index in [4.69, 9.17) is 9.47 Å². The maximum Gasteiger partial charge on any atom is 0.354 e. The van der Waals surface area contributed by atoms with Gasteiger partial charge < -0.3 is 19.7 Å². The Morgan fingerprint density at radius 2 is 1.68 bits per heavy atom. The summed E-state index contributed by atoms with van der Waals surface area (Å²) < 4.78 is 11.3. The van der Waals surface area contributed by atoms with Gasteiger partial charge in [0.25, 0.3) is 11.8 Å². The number of benzene rings is 3. The van der Waals surface area contributed by atoms with Crippen molar-refractivity contribution in [2.75, 3.05) is 23.9 Å². The van der Waals surface area contributed by atoms with Crippen LogP contribution in [0.15, 0.2) is 72.8 Å². The predicted octanol–water partition coefficient (Wildman–Crippen LogP) is 3.88. The lowest BCUT2D eigenvalue weighted by atomic mass is 9.97. The van der Waals surface area contributed by atoms with Crippen molar-refractivity contribution in [1.82, 2.24) is 4.90 Å². The van der Waals surface area contributed by atoms with Crippen LogP contribution in [0.5, 0.6) is 11.5 Å². The smallest absolute Gasteiger partial charge is 0.354 e. The average molecular weight is 500 g/mol. The minimum atomic E-state index is -1.64. The number of carbonyl (C=O) groups is 4. The Hall–Kier alpha value is -4.66. The van der Waals surface area contributed by atoms with E-state index >= 15 is 0 Å². The number of amides is 3. The molecule has 2 aliphatic rings. The van der Waals surface area contributed by atoms with Gasteiger partial charge >= 0.3 is 5.97 Å². The van der Waals surface area contributed by atoms with Gasteiger partial charge in [-0.2, -0.15) is 0 Å². The van der Waals surface area contributed by atoms with Crippen molar-refractivity contribution >= 4 is 35.1 Å². The molecule has 5 rings (SSSR count). The van der Waals surface area contributed by atoms with E-state index in [1.54, 1.807) is 48.5 Å². The molecule has 0 aromatic heterocycles. The standard InChI is InChI=1S/C28H25N3O6/c1-18-11-13-19(14-12-18)37-23-10-6-4-8-21(23)29-24(32)17-36-27(35)28-16-15-25(33)31(28)22-9-5-3-7-20(22)26(34)30(28)2/h3-14H,15-17H2,1-2H3,(H,29,32). The predicted molar refractivity (Wildman–Crippen MR) is 135 cm³/mol. The Labute approximate surface area is 213 Å². The van der Waals surface area contributed by atoms with Gasteiger partial charge in [0.05, 0.1) is 16.9 Å². The largest absolute Gasteiger partial charge is 0.455 e. The lowest BCUT2D eigenvalue weighted by Gasteiger charge is -2.46. The Balaban J connectivity index is 1.31. The summed E-state index contributed by atoms with van der Waals surface area (Å²) in [5, 5.41) is 2.70. The van der Waals surface area contributed by atoms with Gasteiger partial charge in [0, 0.05) is 19.9 Å². The number of hydrogen-bond acceptors (Lipinski definition) is 6. The third-order valence-corrected chi connectivity index (χ3v) is 6.61. The fraction of sp³-hybridized carbons (Fsp3) is 0.214. The summed E-state index contributed by atoms with van der Waals surface area (Å²) in [5.74, 6) is -1.10. The molecule has 0 bridgehead atoms. The summed E-state index contributed by atoms with van der Waals surface area (Å²) in [4.78, 5) is 54.5. The number of carbonyl (C=O) groups excluding carboxylic acids is 4. The number of fused-ring (bicyclic) bond motifs is 3. The molecule has 1 saturated heterocycles. The van der Waals surface area contributed by atoms with Gasteiger partial charge in [0.1, 0.15) is 5.75 Å². The van der Waals surface area contributed by atoms with E-state index in [1.165, 1.54) is 16.8 Å². The van der Waals surface area contributed by atoms with Crippen LogP contribution in [0.4, 0.5) is 11.4 Å². The molecule has 0 spiro atoms. The molecule has 3 aromatic carbocycles. The third-order valence-electron chi connectivity index (χ3n) is 6.61. The molecule has 1 N–H and O–H groups in total. The van der Waals surface area contributed by atoms with Crippen LogP contribution in [-0.4, -0.2) is 47.9 Å². The zero-order chi connectivity index (χ0) is 26.2. The second-order valence-corrected chi connectivity index (χ2v) is 8.96. The molecule has 1 fully saturated rings. The van der Waals surface area contributed by atoms with Crippen LogP contribution in [0.1, 0.15) is 28.8 Å². The normalized spacial score (nSPS) is 18.2. The van der Waals surface area contributed by atoms with Crippen LogP contribution in [0.3, 0.4) is 0 Å². The first-order valence-corrected chi connectivity index (χ1v) is 11.8. The summed E-state index contributed by atoms with van der Waals surface area (Å²) in [6.07, 6.45) is 0.132. The van der Waals surface area contributed by atoms with Crippen molar-refractivity contribution in [3.8, 4) is 11.5 Å². The highest BCUT2D eigenvalue weighted by Crippen LogP contribution is 2.44. The molecule has 0 saturated carbocycles. The summed E-state index contributed by atoms with van der Waals surface area (Å²) in [6.45, 7) is 1.37. The van der Waals surface area contributed by atoms with E-state index < -0.39 is 30.1 Å². The Morgan fingerprint density at radius 3 is 2.46 bits per heavy atom. The van der Waals surface area contributed by atoms with Crippen LogP contribution in [0.25, 0.3) is 0 Å². The first-order chi connectivity index (χ1) is 17.8. The lowest BCUT2D eigenvalue weighted by molar-refractivity contribution is -0.158. The van der Waals surface area contributed by atoms with Gasteiger partial charge in [-0.05, 0) is 43.3 Å². The van der Waals surface area contributed by atoms with Gasteiger partial charge in [-0.1, -0.05) is 42.0 Å². The van der Waals surface area contributed by atoms with Crippen LogP contribution in [-0.2, 0) is 19.1 Å². The van der Waals surface area contributed by atoms with Crippen molar-refractivity contribution in [1.29, 1.82) is 0 Å². The second-order valence-electron chi connectivity index (χ2n) is 8.96. The third kappa shape index (κ3) is 4.18. The zero-order valence-corrected chi connectivity index (χ0v) is 20.4. The van der Waals surface area contributed by atoms with Crippen LogP contribution in [0, 0.1) is 6.92 Å². The number of hydrogen-bond donors (Lipinski definition) is 1. The lowest BCUT2D eigenvalue weighted by Crippen LogP contribution is -2.67. The molecule has 9 heteroatoms. The highest BCUT2D eigenvalue weighted by molar-refractivity contribution is 6.15. The van der Waals surface area contributed by atoms with E-state index in [0.29, 0.717) is 28.4 Å². The fourth-order valence-electron chi connectivity index (χ4n) is 4.72. The molecule has 2 aliphatic heterocycles. The number of nitrogens with zero attached hydrogens (tertiary/aromatic N) is 2. The van der Waals surface area contributed by atoms with Gasteiger partial charge in [0.2, 0.25) is 11.6 Å². The van der Waals surface area contributed by atoms with E-state index in [9.17, 15) is 19.2 Å². The number of aryl methyl sites for hydroxylation is 1. The van der Waals surface area contributed by atoms with Gasteiger partial charge in [-0.3, -0.25) is 19.3 Å². The Morgan fingerprint density at radius 1 is 0.973 bits per heavy atom. The highest BCUT2D eigenvalue weighted by atomic mass is 16.5. The first kappa shape index (κ1) is 24.1. The molecule has 0 aliphatic carbocycles. The molecule has 9 nitrogen and oxygen atoms in total. The minimum Gasteiger partial charge on any atom is -0.455 e. The van der Waals surface area contributed by atoms with Crippen molar-refractivity contribution in [3.63, 3.8) is 0 Å². The van der Waals surface area contributed by atoms with Crippen molar-refractivity contribution < 1.29 is 28.7 Å². The number of likely N-dealkylation sites (N-methyl/N-ethyl adjacent to an activating group) is 1. The van der Waals surface area contributed by atoms with Crippen molar-refractivity contribution in [2.45, 2.75) is 25.4 Å². The minimum absolute atomic E-state index is 0.0656. The molecule has 3 amide bonds. The molecule has 188 valence electrons. The van der Waals surface area contributed by atoms with Gasteiger partial charge in [0.15, 0.2) is 12.4 Å². The second kappa shape index (κ2) is 9.42. The molecule has 0 radical (unpaired) electrons. The number of nitrogens with one attached hydrogen (secondary N) is 1. The maximum atomic E-state index is 13.4. The summed E-state index contributed by atoms with van der Waals surface area (Å²) in [7, 11) is 1.46. The monoisotopic (exact) mass is 499 g/mol. The summed E-state index contributed by atoms with van der Waals surface area (Å²) in [5.41, 5.74) is 0.531. The molecule has 1 unspecified atom stereocenters. The van der Waals surface area contributed by atoms with E-state index in [2.05, 4.69) is 5.32 Å².